The topological polar surface area (TPSA) is 47.0 Å². The van der Waals surface area contributed by atoms with Gasteiger partial charge in [-0.25, -0.2) is 9.97 Å². The van der Waals surface area contributed by atoms with Crippen LogP contribution in [-0.2, 0) is 11.2 Å². The molecule has 0 spiro atoms. The van der Waals surface area contributed by atoms with E-state index < -0.39 is 0 Å². The molecule has 0 aromatic carbocycles. The number of nitrogens with one attached hydrogen (secondary N) is 1. The van der Waals surface area contributed by atoms with Gasteiger partial charge in [-0.3, -0.25) is 0 Å². The number of aromatic nitrogens is 2. The molecule has 19 heavy (non-hydrogen) atoms. The number of ether oxygens (including phenoxy) is 1. The highest BCUT2D eigenvalue weighted by Crippen LogP contribution is 2.24. The molecule has 1 aromatic rings. The molecule has 1 aliphatic heterocycles. The average molecular weight is 263 g/mol. The molecule has 0 amide bonds. The first-order valence-corrected chi connectivity index (χ1v) is 7.18. The van der Waals surface area contributed by atoms with Crippen molar-refractivity contribution in [1.82, 2.24) is 15.3 Å². The quantitative estimate of drug-likeness (QED) is 0.882. The SMILES string of the molecule is CNCC(C)Cc1c(C)nc(C2CCOC2)nc1C. The Morgan fingerprint density at radius 2 is 2.00 bits per heavy atom. The largest absolute Gasteiger partial charge is 0.381 e. The minimum absolute atomic E-state index is 0.390. The third-order valence-electron chi connectivity index (χ3n) is 3.84. The van der Waals surface area contributed by atoms with E-state index in [0.29, 0.717) is 11.8 Å². The Hall–Kier alpha value is -1.00. The minimum Gasteiger partial charge on any atom is -0.381 e. The summed E-state index contributed by atoms with van der Waals surface area (Å²) in [6.07, 6.45) is 2.09. The summed E-state index contributed by atoms with van der Waals surface area (Å²) >= 11 is 0. The fourth-order valence-corrected chi connectivity index (χ4v) is 2.75. The number of hydrogen-bond acceptors (Lipinski definition) is 4. The average Bonchev–Trinajstić information content (AvgIpc) is 2.87. The van der Waals surface area contributed by atoms with Crippen molar-refractivity contribution < 1.29 is 4.74 Å². The fourth-order valence-electron chi connectivity index (χ4n) is 2.75. The van der Waals surface area contributed by atoms with E-state index in [9.17, 15) is 0 Å². The number of aryl methyl sites for hydroxylation is 2. The molecule has 2 rings (SSSR count). The molecule has 1 saturated heterocycles. The van der Waals surface area contributed by atoms with Crippen LogP contribution >= 0.6 is 0 Å². The van der Waals surface area contributed by atoms with Gasteiger partial charge in [0.15, 0.2) is 0 Å². The van der Waals surface area contributed by atoms with Crippen molar-refractivity contribution in [2.75, 3.05) is 26.8 Å². The van der Waals surface area contributed by atoms with Crippen molar-refractivity contribution >= 4 is 0 Å². The van der Waals surface area contributed by atoms with Gasteiger partial charge in [0.05, 0.1) is 6.61 Å². The highest BCUT2D eigenvalue weighted by atomic mass is 16.5. The Morgan fingerprint density at radius 1 is 1.32 bits per heavy atom. The molecule has 1 aliphatic rings. The van der Waals surface area contributed by atoms with Crippen LogP contribution in [0.5, 0.6) is 0 Å². The first kappa shape index (κ1) is 14.4. The molecule has 106 valence electrons. The molecule has 0 aliphatic carbocycles. The van der Waals surface area contributed by atoms with E-state index >= 15 is 0 Å². The zero-order valence-corrected chi connectivity index (χ0v) is 12.5. The van der Waals surface area contributed by atoms with Crippen LogP contribution in [0.25, 0.3) is 0 Å². The Balaban J connectivity index is 2.16. The van der Waals surface area contributed by atoms with Gasteiger partial charge in [0.25, 0.3) is 0 Å². The highest BCUT2D eigenvalue weighted by molar-refractivity contribution is 5.26. The lowest BCUT2D eigenvalue weighted by atomic mass is 9.98. The second-order valence-corrected chi connectivity index (χ2v) is 5.66. The minimum atomic E-state index is 0.390. The predicted molar refractivity (Wildman–Crippen MR) is 76.5 cm³/mol. The molecule has 2 heterocycles. The maximum absolute atomic E-state index is 5.43. The van der Waals surface area contributed by atoms with Crippen LogP contribution in [0, 0.1) is 19.8 Å². The fraction of sp³-hybridized carbons (Fsp3) is 0.733. The summed E-state index contributed by atoms with van der Waals surface area (Å²) < 4.78 is 5.43. The van der Waals surface area contributed by atoms with Gasteiger partial charge in [0, 0.05) is 23.9 Å². The Kier molecular flexibility index (Phi) is 4.88. The van der Waals surface area contributed by atoms with Crippen molar-refractivity contribution in [2.45, 2.75) is 39.5 Å². The molecule has 2 unspecified atom stereocenters. The van der Waals surface area contributed by atoms with Crippen LogP contribution in [0.3, 0.4) is 0 Å². The third kappa shape index (κ3) is 3.51. The highest BCUT2D eigenvalue weighted by Gasteiger charge is 2.22. The molecule has 2 atom stereocenters. The predicted octanol–water partition coefficient (Wildman–Crippen LogP) is 2.00. The molecule has 4 nitrogen and oxygen atoms in total. The van der Waals surface area contributed by atoms with E-state index in [4.69, 9.17) is 14.7 Å². The van der Waals surface area contributed by atoms with Gasteiger partial charge >= 0.3 is 0 Å². The van der Waals surface area contributed by atoms with Gasteiger partial charge in [-0.2, -0.15) is 0 Å². The van der Waals surface area contributed by atoms with Gasteiger partial charge in [-0.05, 0) is 51.8 Å². The maximum Gasteiger partial charge on any atom is 0.134 e. The molecular weight excluding hydrogens is 238 g/mol. The molecular formula is C15H25N3O. The lowest BCUT2D eigenvalue weighted by Crippen LogP contribution is -2.20. The van der Waals surface area contributed by atoms with Crippen molar-refractivity contribution in [3.05, 3.63) is 22.8 Å². The summed E-state index contributed by atoms with van der Waals surface area (Å²) in [5.41, 5.74) is 3.58. The Morgan fingerprint density at radius 3 is 2.53 bits per heavy atom. The van der Waals surface area contributed by atoms with E-state index in [1.54, 1.807) is 0 Å². The Bertz CT molecular complexity index is 404. The summed E-state index contributed by atoms with van der Waals surface area (Å²) in [6.45, 7) is 9.11. The molecule has 0 bridgehead atoms. The van der Waals surface area contributed by atoms with E-state index in [1.807, 2.05) is 7.05 Å². The molecule has 4 heteroatoms. The lowest BCUT2D eigenvalue weighted by Gasteiger charge is -2.16. The first-order chi connectivity index (χ1) is 9.11. The molecule has 1 fully saturated rings. The van der Waals surface area contributed by atoms with Crippen LogP contribution in [0.4, 0.5) is 0 Å². The third-order valence-corrected chi connectivity index (χ3v) is 3.84. The van der Waals surface area contributed by atoms with E-state index in [2.05, 4.69) is 26.1 Å². The lowest BCUT2D eigenvalue weighted by molar-refractivity contribution is 0.193. The van der Waals surface area contributed by atoms with Crippen molar-refractivity contribution in [2.24, 2.45) is 5.92 Å². The van der Waals surface area contributed by atoms with Crippen LogP contribution in [-0.4, -0.2) is 36.8 Å². The zero-order valence-electron chi connectivity index (χ0n) is 12.5. The van der Waals surface area contributed by atoms with E-state index in [1.165, 1.54) is 5.56 Å². The second kappa shape index (κ2) is 6.44. The van der Waals surface area contributed by atoms with Gasteiger partial charge in [-0.15, -0.1) is 0 Å². The zero-order chi connectivity index (χ0) is 13.8. The van der Waals surface area contributed by atoms with Crippen LogP contribution in [0.2, 0.25) is 0 Å². The smallest absolute Gasteiger partial charge is 0.134 e. The van der Waals surface area contributed by atoms with Gasteiger partial charge in [-0.1, -0.05) is 6.92 Å². The maximum atomic E-state index is 5.43. The molecule has 0 saturated carbocycles. The van der Waals surface area contributed by atoms with Crippen molar-refractivity contribution in [1.29, 1.82) is 0 Å². The Labute approximate surface area is 116 Å². The summed E-state index contributed by atoms with van der Waals surface area (Å²) in [5, 5.41) is 3.23. The number of nitrogens with zero attached hydrogens (tertiary/aromatic N) is 2. The molecule has 1 N–H and O–H groups in total. The van der Waals surface area contributed by atoms with Gasteiger partial charge in [0.2, 0.25) is 0 Å². The standard InChI is InChI=1S/C15H25N3O/c1-10(8-16-4)7-14-11(2)17-15(18-12(14)3)13-5-6-19-9-13/h10,13,16H,5-9H2,1-4H3. The summed E-state index contributed by atoms with van der Waals surface area (Å²) in [5.74, 6) is 1.96. The first-order valence-electron chi connectivity index (χ1n) is 7.18. The molecule has 1 aromatic heterocycles. The number of hydrogen-bond donors (Lipinski definition) is 1. The van der Waals surface area contributed by atoms with Crippen LogP contribution in [0.15, 0.2) is 0 Å². The summed E-state index contributed by atoms with van der Waals surface area (Å²) in [7, 11) is 2.00. The van der Waals surface area contributed by atoms with Crippen LogP contribution < -0.4 is 5.32 Å². The van der Waals surface area contributed by atoms with Gasteiger partial charge in [0.1, 0.15) is 5.82 Å². The summed E-state index contributed by atoms with van der Waals surface area (Å²) in [4.78, 5) is 9.44. The van der Waals surface area contributed by atoms with Crippen molar-refractivity contribution in [3.63, 3.8) is 0 Å². The second-order valence-electron chi connectivity index (χ2n) is 5.66. The normalized spacial score (nSPS) is 20.7. The van der Waals surface area contributed by atoms with Crippen LogP contribution in [0.1, 0.15) is 42.0 Å². The van der Waals surface area contributed by atoms with Gasteiger partial charge < -0.3 is 10.1 Å². The number of rotatable bonds is 5. The van der Waals surface area contributed by atoms with Crippen molar-refractivity contribution in [3.8, 4) is 0 Å². The van der Waals surface area contributed by atoms with E-state index in [0.717, 1.165) is 49.8 Å². The van der Waals surface area contributed by atoms with E-state index in [-0.39, 0.29) is 0 Å². The summed E-state index contributed by atoms with van der Waals surface area (Å²) in [6, 6.07) is 0. The monoisotopic (exact) mass is 263 g/mol. The molecule has 0 radical (unpaired) electrons.